The third-order valence-corrected chi connectivity index (χ3v) is 2.33. The molecule has 1 saturated carbocycles. The quantitative estimate of drug-likeness (QED) is 0.674. The van der Waals surface area contributed by atoms with Crippen LogP contribution in [0, 0.1) is 0 Å². The molecule has 1 N–H and O–H groups in total. The number of nitrogens with one attached hydrogen (secondary N) is 1. The van der Waals surface area contributed by atoms with Crippen LogP contribution < -0.4 is 5.32 Å². The fraction of sp³-hybridized carbons (Fsp3) is 0.875. The molecule has 1 unspecified atom stereocenters. The van der Waals surface area contributed by atoms with Crippen LogP contribution in [0.1, 0.15) is 19.8 Å². The Labute approximate surface area is 77.4 Å². The van der Waals surface area contributed by atoms with E-state index in [1.807, 2.05) is 0 Å². The van der Waals surface area contributed by atoms with E-state index in [9.17, 15) is 4.79 Å². The molecule has 1 aliphatic rings. The molecule has 1 atom stereocenters. The van der Waals surface area contributed by atoms with E-state index in [4.69, 9.17) is 16.3 Å². The molecule has 0 aromatic carbocycles. The van der Waals surface area contributed by atoms with Crippen LogP contribution in [0.15, 0.2) is 0 Å². The van der Waals surface area contributed by atoms with Crippen molar-refractivity contribution < 1.29 is 9.53 Å². The number of halogens is 1. The van der Waals surface area contributed by atoms with Gasteiger partial charge in [-0.3, -0.25) is 4.79 Å². The first-order valence-corrected chi connectivity index (χ1v) is 4.54. The van der Waals surface area contributed by atoms with E-state index in [0.29, 0.717) is 6.10 Å². The van der Waals surface area contributed by atoms with Gasteiger partial charge >= 0.3 is 0 Å². The zero-order chi connectivity index (χ0) is 9.14. The van der Waals surface area contributed by atoms with E-state index in [2.05, 4.69) is 5.32 Å². The summed E-state index contributed by atoms with van der Waals surface area (Å²) in [6.07, 6.45) is 2.14. The van der Waals surface area contributed by atoms with Crippen molar-refractivity contribution in [2.24, 2.45) is 0 Å². The largest absolute Gasteiger partial charge is 0.381 e. The minimum atomic E-state index is -0.438. The van der Waals surface area contributed by atoms with Gasteiger partial charge in [-0.05, 0) is 19.8 Å². The first-order valence-electron chi connectivity index (χ1n) is 4.10. The SMILES string of the molecule is COC1CC(NC(=O)C(C)Cl)C1. The molecule has 3 nitrogen and oxygen atoms in total. The molecule has 0 spiro atoms. The van der Waals surface area contributed by atoms with Crippen LogP contribution in [0.3, 0.4) is 0 Å². The third-order valence-electron chi connectivity index (χ3n) is 2.14. The highest BCUT2D eigenvalue weighted by Crippen LogP contribution is 2.22. The minimum Gasteiger partial charge on any atom is -0.381 e. The fourth-order valence-electron chi connectivity index (χ4n) is 1.19. The summed E-state index contributed by atoms with van der Waals surface area (Å²) >= 11 is 5.58. The fourth-order valence-corrected chi connectivity index (χ4v) is 1.25. The maximum absolute atomic E-state index is 11.1. The van der Waals surface area contributed by atoms with Gasteiger partial charge in [-0.25, -0.2) is 0 Å². The summed E-state index contributed by atoms with van der Waals surface area (Å²) in [7, 11) is 1.69. The van der Waals surface area contributed by atoms with Gasteiger partial charge in [0.1, 0.15) is 5.38 Å². The molecular formula is C8H14ClNO2. The molecule has 0 heterocycles. The van der Waals surface area contributed by atoms with Gasteiger partial charge in [0.05, 0.1) is 6.10 Å². The highest BCUT2D eigenvalue weighted by atomic mass is 35.5. The maximum Gasteiger partial charge on any atom is 0.237 e. The zero-order valence-corrected chi connectivity index (χ0v) is 8.10. The van der Waals surface area contributed by atoms with Gasteiger partial charge in [0.2, 0.25) is 5.91 Å². The third kappa shape index (κ3) is 2.35. The molecule has 4 heteroatoms. The smallest absolute Gasteiger partial charge is 0.237 e. The summed E-state index contributed by atoms with van der Waals surface area (Å²) in [6, 6.07) is 0.267. The Morgan fingerprint density at radius 1 is 1.67 bits per heavy atom. The first kappa shape index (κ1) is 9.81. The number of methoxy groups -OCH3 is 1. The Morgan fingerprint density at radius 2 is 2.25 bits per heavy atom. The average Bonchev–Trinajstić information content (AvgIpc) is 1.94. The number of carbonyl (C=O) groups is 1. The van der Waals surface area contributed by atoms with Crippen LogP contribution in [0.5, 0.6) is 0 Å². The predicted octanol–water partition coefficient (Wildman–Crippen LogP) is 0.907. The number of amides is 1. The number of rotatable bonds is 3. The lowest BCUT2D eigenvalue weighted by Crippen LogP contribution is -2.49. The number of hydrogen-bond acceptors (Lipinski definition) is 2. The second kappa shape index (κ2) is 4.10. The second-order valence-electron chi connectivity index (χ2n) is 3.15. The van der Waals surface area contributed by atoms with Gasteiger partial charge in [0.25, 0.3) is 0 Å². The Morgan fingerprint density at radius 3 is 2.67 bits per heavy atom. The lowest BCUT2D eigenvalue weighted by molar-refractivity contribution is -0.122. The van der Waals surface area contributed by atoms with Gasteiger partial charge in [0.15, 0.2) is 0 Å². The number of alkyl halides is 1. The van der Waals surface area contributed by atoms with Crippen molar-refractivity contribution in [3.05, 3.63) is 0 Å². The van der Waals surface area contributed by atoms with Gasteiger partial charge in [-0.15, -0.1) is 11.6 Å². The van der Waals surface area contributed by atoms with Crippen molar-refractivity contribution in [1.82, 2.24) is 5.32 Å². The highest BCUT2D eigenvalue weighted by molar-refractivity contribution is 6.30. The summed E-state index contributed by atoms with van der Waals surface area (Å²) in [5, 5.41) is 2.39. The van der Waals surface area contributed by atoms with E-state index >= 15 is 0 Å². The van der Waals surface area contributed by atoms with Crippen LogP contribution in [-0.4, -0.2) is 30.5 Å². The lowest BCUT2D eigenvalue weighted by atomic mass is 9.89. The van der Waals surface area contributed by atoms with Gasteiger partial charge in [-0.1, -0.05) is 0 Å². The number of ether oxygens (including phenoxy) is 1. The molecule has 1 rings (SSSR count). The van der Waals surface area contributed by atoms with E-state index in [0.717, 1.165) is 12.8 Å². The van der Waals surface area contributed by atoms with Crippen LogP contribution in [0.25, 0.3) is 0 Å². The van der Waals surface area contributed by atoms with Gasteiger partial charge in [0, 0.05) is 13.2 Å². The summed E-state index contributed by atoms with van der Waals surface area (Å²) in [6.45, 7) is 1.67. The van der Waals surface area contributed by atoms with Crippen molar-refractivity contribution in [3.8, 4) is 0 Å². The lowest BCUT2D eigenvalue weighted by Gasteiger charge is -2.34. The Bertz CT molecular complexity index is 166. The second-order valence-corrected chi connectivity index (χ2v) is 3.81. The molecule has 0 saturated heterocycles. The first-order chi connectivity index (χ1) is 5.63. The van der Waals surface area contributed by atoms with Gasteiger partial charge < -0.3 is 10.1 Å². The van der Waals surface area contributed by atoms with Crippen molar-refractivity contribution in [1.29, 1.82) is 0 Å². The van der Waals surface area contributed by atoms with Crippen molar-refractivity contribution in [2.45, 2.75) is 37.3 Å². The van der Waals surface area contributed by atoms with Crippen LogP contribution >= 0.6 is 11.6 Å². The molecule has 1 amide bonds. The molecule has 70 valence electrons. The Balaban J connectivity index is 2.14. The maximum atomic E-state index is 11.1. The molecular weight excluding hydrogens is 178 g/mol. The van der Waals surface area contributed by atoms with Crippen molar-refractivity contribution in [2.75, 3.05) is 7.11 Å². The minimum absolute atomic E-state index is 0.0868. The number of hydrogen-bond donors (Lipinski definition) is 1. The van der Waals surface area contributed by atoms with Gasteiger partial charge in [-0.2, -0.15) is 0 Å². The monoisotopic (exact) mass is 191 g/mol. The average molecular weight is 192 g/mol. The van der Waals surface area contributed by atoms with Crippen LogP contribution in [-0.2, 0) is 9.53 Å². The normalized spacial score (nSPS) is 30.6. The molecule has 0 bridgehead atoms. The van der Waals surface area contributed by atoms with Crippen LogP contribution in [0.2, 0.25) is 0 Å². The molecule has 0 radical (unpaired) electrons. The van der Waals surface area contributed by atoms with Crippen molar-refractivity contribution in [3.63, 3.8) is 0 Å². The molecule has 0 aromatic heterocycles. The standard InChI is InChI=1S/C8H14ClNO2/c1-5(9)8(11)10-6-3-7(4-6)12-2/h5-7H,3-4H2,1-2H3,(H,10,11). The highest BCUT2D eigenvalue weighted by Gasteiger charge is 2.30. The summed E-state index contributed by atoms with van der Waals surface area (Å²) in [5.41, 5.74) is 0. The van der Waals surface area contributed by atoms with Crippen molar-refractivity contribution >= 4 is 17.5 Å². The van der Waals surface area contributed by atoms with E-state index in [-0.39, 0.29) is 11.9 Å². The van der Waals surface area contributed by atoms with E-state index in [1.165, 1.54) is 0 Å². The Kier molecular flexibility index (Phi) is 3.35. The molecule has 1 aliphatic carbocycles. The van der Waals surface area contributed by atoms with Crippen LogP contribution in [0.4, 0.5) is 0 Å². The summed E-state index contributed by atoms with van der Waals surface area (Å²) < 4.78 is 5.07. The van der Waals surface area contributed by atoms with E-state index < -0.39 is 5.38 Å². The molecule has 1 fully saturated rings. The molecule has 0 aliphatic heterocycles. The molecule has 0 aromatic rings. The van der Waals surface area contributed by atoms with E-state index in [1.54, 1.807) is 14.0 Å². The zero-order valence-electron chi connectivity index (χ0n) is 7.34. The molecule has 12 heavy (non-hydrogen) atoms. The number of carbonyl (C=O) groups excluding carboxylic acids is 1. The summed E-state index contributed by atoms with van der Waals surface area (Å²) in [4.78, 5) is 11.1. The predicted molar refractivity (Wildman–Crippen MR) is 47.3 cm³/mol. The summed E-state index contributed by atoms with van der Waals surface area (Å²) in [5.74, 6) is -0.0868. The Hall–Kier alpha value is -0.280. The topological polar surface area (TPSA) is 38.3 Å².